The molecule has 0 saturated carbocycles. The number of carboxylic acid groups (broad SMARTS) is 1. The molecule has 0 aliphatic heterocycles. The smallest absolute Gasteiger partial charge is 0.339 e. The zero-order valence-electron chi connectivity index (χ0n) is 13.6. The van der Waals surface area contributed by atoms with Crippen LogP contribution < -0.4 is 10.1 Å². The number of nitro groups is 1. The SMILES string of the molecule is CCOc1ccc(C(=O)NCc2cc(C(=O)O)c(C)o2)cc1[N+](=O)[O-]. The third kappa shape index (κ3) is 4.14. The zero-order chi connectivity index (χ0) is 18.6. The van der Waals surface area contributed by atoms with Gasteiger partial charge in [-0.25, -0.2) is 4.79 Å². The molecule has 132 valence electrons. The average molecular weight is 348 g/mol. The molecule has 0 atom stereocenters. The number of benzene rings is 1. The Hall–Kier alpha value is -3.36. The number of furan rings is 1. The van der Waals surface area contributed by atoms with Crippen LogP contribution in [0.5, 0.6) is 5.75 Å². The number of nitrogens with one attached hydrogen (secondary N) is 1. The Morgan fingerprint density at radius 3 is 2.64 bits per heavy atom. The lowest BCUT2D eigenvalue weighted by Gasteiger charge is -2.07. The summed E-state index contributed by atoms with van der Waals surface area (Å²) in [6.07, 6.45) is 0. The summed E-state index contributed by atoms with van der Waals surface area (Å²) < 4.78 is 10.4. The van der Waals surface area contributed by atoms with Crippen molar-refractivity contribution in [2.45, 2.75) is 20.4 Å². The molecular formula is C16H16N2O7. The van der Waals surface area contributed by atoms with Gasteiger partial charge in [0.2, 0.25) is 0 Å². The minimum atomic E-state index is -1.12. The molecule has 9 heteroatoms. The minimum Gasteiger partial charge on any atom is -0.487 e. The molecule has 0 fully saturated rings. The molecule has 1 amide bonds. The molecular weight excluding hydrogens is 332 g/mol. The number of hydrogen-bond donors (Lipinski definition) is 2. The summed E-state index contributed by atoms with van der Waals surface area (Å²) in [6.45, 7) is 3.41. The second kappa shape index (κ2) is 7.47. The maximum atomic E-state index is 12.2. The van der Waals surface area contributed by atoms with Crippen molar-refractivity contribution >= 4 is 17.6 Å². The number of aromatic carboxylic acids is 1. The van der Waals surface area contributed by atoms with Crippen molar-refractivity contribution in [3.8, 4) is 5.75 Å². The van der Waals surface area contributed by atoms with E-state index in [1.165, 1.54) is 25.1 Å². The fourth-order valence-electron chi connectivity index (χ4n) is 2.19. The summed E-state index contributed by atoms with van der Waals surface area (Å²) in [5, 5.41) is 22.6. The Morgan fingerprint density at radius 1 is 1.36 bits per heavy atom. The van der Waals surface area contributed by atoms with Crippen LogP contribution in [0.4, 0.5) is 5.69 Å². The predicted octanol–water partition coefficient (Wildman–Crippen LogP) is 2.52. The fourth-order valence-corrected chi connectivity index (χ4v) is 2.19. The van der Waals surface area contributed by atoms with Crippen molar-refractivity contribution in [1.82, 2.24) is 5.32 Å². The van der Waals surface area contributed by atoms with E-state index in [0.29, 0.717) is 0 Å². The van der Waals surface area contributed by atoms with Crippen molar-refractivity contribution in [1.29, 1.82) is 0 Å². The molecule has 0 aliphatic carbocycles. The van der Waals surface area contributed by atoms with Crippen molar-refractivity contribution in [2.75, 3.05) is 6.61 Å². The maximum Gasteiger partial charge on any atom is 0.339 e. The number of carbonyl (C=O) groups is 2. The van der Waals surface area contributed by atoms with Gasteiger partial charge in [-0.15, -0.1) is 0 Å². The highest BCUT2D eigenvalue weighted by molar-refractivity contribution is 5.95. The summed E-state index contributed by atoms with van der Waals surface area (Å²) in [6, 6.07) is 5.20. The van der Waals surface area contributed by atoms with Gasteiger partial charge in [0, 0.05) is 11.6 Å². The monoisotopic (exact) mass is 348 g/mol. The second-order valence-electron chi connectivity index (χ2n) is 5.04. The van der Waals surface area contributed by atoms with Gasteiger partial charge in [0.15, 0.2) is 5.75 Å². The lowest BCUT2D eigenvalue weighted by Crippen LogP contribution is -2.22. The number of hydrogen-bond acceptors (Lipinski definition) is 6. The topological polar surface area (TPSA) is 132 Å². The first kappa shape index (κ1) is 18.0. The van der Waals surface area contributed by atoms with E-state index in [2.05, 4.69) is 5.32 Å². The normalized spacial score (nSPS) is 10.3. The van der Waals surface area contributed by atoms with E-state index < -0.39 is 16.8 Å². The van der Waals surface area contributed by atoms with Gasteiger partial charge in [0.1, 0.15) is 17.1 Å². The van der Waals surface area contributed by atoms with E-state index in [0.717, 1.165) is 6.07 Å². The standard InChI is InChI=1S/C16H16N2O7/c1-3-24-14-5-4-10(6-13(14)18(22)23)15(19)17-8-11-7-12(16(20)21)9(2)25-11/h4-7H,3,8H2,1-2H3,(H,17,19)(H,20,21). The van der Waals surface area contributed by atoms with Gasteiger partial charge in [-0.3, -0.25) is 14.9 Å². The number of carboxylic acids is 1. The van der Waals surface area contributed by atoms with Crippen LogP contribution in [0.15, 0.2) is 28.7 Å². The Balaban J connectivity index is 2.13. The quantitative estimate of drug-likeness (QED) is 0.580. The Kier molecular flexibility index (Phi) is 5.38. The van der Waals surface area contributed by atoms with Gasteiger partial charge >= 0.3 is 11.7 Å². The van der Waals surface area contributed by atoms with Crippen LogP contribution >= 0.6 is 0 Å². The molecule has 25 heavy (non-hydrogen) atoms. The first-order valence-corrected chi connectivity index (χ1v) is 7.35. The highest BCUT2D eigenvalue weighted by Gasteiger charge is 2.19. The predicted molar refractivity (Wildman–Crippen MR) is 85.8 cm³/mol. The van der Waals surface area contributed by atoms with E-state index in [4.69, 9.17) is 14.3 Å². The van der Waals surface area contributed by atoms with Crippen LogP contribution in [-0.4, -0.2) is 28.5 Å². The molecule has 2 N–H and O–H groups in total. The van der Waals surface area contributed by atoms with Crippen LogP contribution in [-0.2, 0) is 6.54 Å². The molecule has 0 aliphatic rings. The van der Waals surface area contributed by atoms with E-state index in [1.807, 2.05) is 0 Å². The Labute approximate surface area is 142 Å². The lowest BCUT2D eigenvalue weighted by molar-refractivity contribution is -0.385. The molecule has 1 heterocycles. The first-order valence-electron chi connectivity index (χ1n) is 7.35. The van der Waals surface area contributed by atoms with Crippen LogP contribution in [0, 0.1) is 17.0 Å². The molecule has 0 saturated heterocycles. The molecule has 1 aromatic carbocycles. The molecule has 0 radical (unpaired) electrons. The van der Waals surface area contributed by atoms with E-state index >= 15 is 0 Å². The molecule has 1 aromatic heterocycles. The molecule has 2 rings (SSSR count). The van der Waals surface area contributed by atoms with E-state index in [9.17, 15) is 19.7 Å². The fraction of sp³-hybridized carbons (Fsp3) is 0.250. The summed E-state index contributed by atoms with van der Waals surface area (Å²) in [5.41, 5.74) is -0.214. The highest BCUT2D eigenvalue weighted by Crippen LogP contribution is 2.28. The third-order valence-corrected chi connectivity index (χ3v) is 3.34. The largest absolute Gasteiger partial charge is 0.487 e. The van der Waals surface area contributed by atoms with Crippen molar-refractivity contribution in [2.24, 2.45) is 0 Å². The Morgan fingerprint density at radius 2 is 2.08 bits per heavy atom. The summed E-state index contributed by atoms with van der Waals surface area (Å²) in [7, 11) is 0. The van der Waals surface area contributed by atoms with Gasteiger partial charge < -0.3 is 19.6 Å². The van der Waals surface area contributed by atoms with Crippen LogP contribution in [0.25, 0.3) is 0 Å². The van der Waals surface area contributed by atoms with Crippen LogP contribution in [0.1, 0.15) is 39.2 Å². The average Bonchev–Trinajstić information content (AvgIpc) is 2.94. The number of amides is 1. The molecule has 0 unspecified atom stereocenters. The number of nitrogens with zero attached hydrogens (tertiary/aromatic N) is 1. The Bertz CT molecular complexity index is 826. The number of rotatable bonds is 7. The lowest BCUT2D eigenvalue weighted by atomic mass is 10.1. The molecule has 0 spiro atoms. The highest BCUT2D eigenvalue weighted by atomic mass is 16.6. The summed E-state index contributed by atoms with van der Waals surface area (Å²) >= 11 is 0. The number of aryl methyl sites for hydroxylation is 1. The molecule has 9 nitrogen and oxygen atoms in total. The molecule has 2 aromatic rings. The first-order chi connectivity index (χ1) is 11.8. The van der Waals surface area contributed by atoms with Gasteiger partial charge in [-0.2, -0.15) is 0 Å². The zero-order valence-corrected chi connectivity index (χ0v) is 13.6. The van der Waals surface area contributed by atoms with E-state index in [-0.39, 0.29) is 47.2 Å². The third-order valence-electron chi connectivity index (χ3n) is 3.34. The van der Waals surface area contributed by atoms with Crippen molar-refractivity contribution in [3.05, 3.63) is 57.0 Å². The summed E-state index contributed by atoms with van der Waals surface area (Å²) in [4.78, 5) is 33.6. The van der Waals surface area contributed by atoms with Crippen LogP contribution in [0.3, 0.4) is 0 Å². The minimum absolute atomic E-state index is 0.0148. The second-order valence-corrected chi connectivity index (χ2v) is 5.04. The number of carbonyl (C=O) groups excluding carboxylic acids is 1. The van der Waals surface area contributed by atoms with Gasteiger partial charge in [-0.05, 0) is 32.0 Å². The summed E-state index contributed by atoms with van der Waals surface area (Å²) in [5.74, 6) is -1.10. The van der Waals surface area contributed by atoms with Crippen molar-refractivity contribution < 1.29 is 28.8 Å². The van der Waals surface area contributed by atoms with Crippen LogP contribution in [0.2, 0.25) is 0 Å². The van der Waals surface area contributed by atoms with E-state index in [1.54, 1.807) is 6.92 Å². The van der Waals surface area contributed by atoms with Gasteiger partial charge in [0.25, 0.3) is 5.91 Å². The van der Waals surface area contributed by atoms with Crippen molar-refractivity contribution in [3.63, 3.8) is 0 Å². The number of ether oxygens (including phenoxy) is 1. The van der Waals surface area contributed by atoms with Gasteiger partial charge in [-0.1, -0.05) is 0 Å². The van der Waals surface area contributed by atoms with Gasteiger partial charge in [0.05, 0.1) is 18.1 Å². The number of nitro benzene ring substituents is 1. The molecule has 0 bridgehead atoms. The maximum absolute atomic E-state index is 12.2.